The summed E-state index contributed by atoms with van der Waals surface area (Å²) in [6.07, 6.45) is -0.220. The fourth-order valence-electron chi connectivity index (χ4n) is 1.78. The molecule has 0 amide bonds. The van der Waals surface area contributed by atoms with Crippen LogP contribution in [-0.4, -0.2) is 12.2 Å². The first-order chi connectivity index (χ1) is 7.83. The van der Waals surface area contributed by atoms with Crippen molar-refractivity contribution in [3.8, 4) is 5.75 Å². The van der Waals surface area contributed by atoms with Crippen LogP contribution in [0.4, 0.5) is 0 Å². The standard InChI is InChI=1S/C14H14O2/c1-16-14(11-7-3-2-4-8-11)12-9-5-6-10-13(12)15/h2-10,14-15H,1H3. The number of hydrogen-bond acceptors (Lipinski definition) is 2. The van der Waals surface area contributed by atoms with Crippen molar-refractivity contribution in [3.05, 3.63) is 65.7 Å². The second-order valence-electron chi connectivity index (χ2n) is 3.59. The molecule has 2 aromatic rings. The molecule has 0 heterocycles. The Morgan fingerprint density at radius 3 is 2.19 bits per heavy atom. The van der Waals surface area contributed by atoms with Crippen LogP contribution in [0, 0.1) is 0 Å². The fourth-order valence-corrected chi connectivity index (χ4v) is 1.78. The van der Waals surface area contributed by atoms with Gasteiger partial charge in [0.25, 0.3) is 0 Å². The van der Waals surface area contributed by atoms with E-state index in [2.05, 4.69) is 0 Å². The van der Waals surface area contributed by atoms with Crippen LogP contribution in [0.25, 0.3) is 0 Å². The van der Waals surface area contributed by atoms with Gasteiger partial charge < -0.3 is 9.84 Å². The second-order valence-corrected chi connectivity index (χ2v) is 3.59. The van der Waals surface area contributed by atoms with E-state index in [0.29, 0.717) is 0 Å². The van der Waals surface area contributed by atoms with Crippen LogP contribution in [0.3, 0.4) is 0 Å². The van der Waals surface area contributed by atoms with Gasteiger partial charge in [0.05, 0.1) is 0 Å². The van der Waals surface area contributed by atoms with Gasteiger partial charge in [-0.05, 0) is 11.6 Å². The van der Waals surface area contributed by atoms with E-state index in [1.54, 1.807) is 19.2 Å². The largest absolute Gasteiger partial charge is 0.508 e. The van der Waals surface area contributed by atoms with Crippen molar-refractivity contribution in [2.45, 2.75) is 6.10 Å². The molecular weight excluding hydrogens is 200 g/mol. The average Bonchev–Trinajstić information content (AvgIpc) is 2.34. The lowest BCUT2D eigenvalue weighted by molar-refractivity contribution is 0.134. The summed E-state index contributed by atoms with van der Waals surface area (Å²) in [6.45, 7) is 0. The molecule has 0 saturated heterocycles. The Balaban J connectivity index is 2.41. The number of benzene rings is 2. The number of para-hydroxylation sites is 1. The smallest absolute Gasteiger partial charge is 0.121 e. The van der Waals surface area contributed by atoms with Crippen molar-refractivity contribution in [2.24, 2.45) is 0 Å². The third-order valence-electron chi connectivity index (χ3n) is 2.56. The summed E-state index contributed by atoms with van der Waals surface area (Å²) in [7, 11) is 1.64. The normalized spacial score (nSPS) is 12.3. The Bertz CT molecular complexity index is 451. The zero-order valence-corrected chi connectivity index (χ0v) is 9.13. The maximum Gasteiger partial charge on any atom is 0.121 e. The Morgan fingerprint density at radius 1 is 0.938 bits per heavy atom. The van der Waals surface area contributed by atoms with E-state index >= 15 is 0 Å². The summed E-state index contributed by atoms with van der Waals surface area (Å²) in [5.74, 6) is 0.262. The minimum absolute atomic E-state index is 0.220. The predicted octanol–water partition coefficient (Wildman–Crippen LogP) is 3.13. The summed E-state index contributed by atoms with van der Waals surface area (Å²) >= 11 is 0. The molecule has 0 aliphatic heterocycles. The van der Waals surface area contributed by atoms with Crippen LogP contribution >= 0.6 is 0 Å². The van der Waals surface area contributed by atoms with Crippen molar-refractivity contribution in [1.29, 1.82) is 0 Å². The van der Waals surface area contributed by atoms with E-state index in [-0.39, 0.29) is 11.9 Å². The summed E-state index contributed by atoms with van der Waals surface area (Å²) in [4.78, 5) is 0. The molecule has 1 N–H and O–H groups in total. The third-order valence-corrected chi connectivity index (χ3v) is 2.56. The van der Waals surface area contributed by atoms with Gasteiger partial charge in [0, 0.05) is 12.7 Å². The number of aromatic hydroxyl groups is 1. The first-order valence-electron chi connectivity index (χ1n) is 5.18. The van der Waals surface area contributed by atoms with Crippen LogP contribution in [0.2, 0.25) is 0 Å². The summed E-state index contributed by atoms with van der Waals surface area (Å²) < 4.78 is 5.44. The van der Waals surface area contributed by atoms with E-state index in [1.807, 2.05) is 42.5 Å². The number of rotatable bonds is 3. The molecule has 2 rings (SSSR count). The highest BCUT2D eigenvalue weighted by atomic mass is 16.5. The van der Waals surface area contributed by atoms with Gasteiger partial charge in [-0.1, -0.05) is 48.5 Å². The number of phenols is 1. The molecule has 1 atom stereocenters. The van der Waals surface area contributed by atoms with Gasteiger partial charge in [0.2, 0.25) is 0 Å². The highest BCUT2D eigenvalue weighted by Crippen LogP contribution is 2.31. The highest BCUT2D eigenvalue weighted by Gasteiger charge is 2.15. The molecule has 0 aliphatic carbocycles. The SMILES string of the molecule is COC(c1ccccc1)c1ccccc1O. The molecule has 0 saturated carbocycles. The Kier molecular flexibility index (Phi) is 3.22. The van der Waals surface area contributed by atoms with Crippen LogP contribution in [0.5, 0.6) is 5.75 Å². The molecule has 0 spiro atoms. The van der Waals surface area contributed by atoms with Crippen molar-refractivity contribution in [3.63, 3.8) is 0 Å². The van der Waals surface area contributed by atoms with Gasteiger partial charge in [-0.25, -0.2) is 0 Å². The lowest BCUT2D eigenvalue weighted by Crippen LogP contribution is -2.03. The molecule has 1 unspecified atom stereocenters. The Hall–Kier alpha value is -1.80. The van der Waals surface area contributed by atoms with E-state index < -0.39 is 0 Å². The number of phenolic OH excluding ortho intramolecular Hbond substituents is 1. The van der Waals surface area contributed by atoms with Crippen molar-refractivity contribution in [1.82, 2.24) is 0 Å². The summed E-state index contributed by atoms with van der Waals surface area (Å²) in [5.41, 5.74) is 1.82. The maximum atomic E-state index is 9.79. The van der Waals surface area contributed by atoms with Gasteiger partial charge in [-0.2, -0.15) is 0 Å². The van der Waals surface area contributed by atoms with Crippen LogP contribution in [-0.2, 0) is 4.74 Å². The highest BCUT2D eigenvalue weighted by molar-refractivity contribution is 5.39. The molecule has 16 heavy (non-hydrogen) atoms. The minimum Gasteiger partial charge on any atom is -0.508 e. The molecule has 0 aliphatic rings. The summed E-state index contributed by atoms with van der Waals surface area (Å²) in [6, 6.07) is 17.1. The predicted molar refractivity (Wildman–Crippen MR) is 63.4 cm³/mol. The lowest BCUT2D eigenvalue weighted by atomic mass is 10.0. The molecule has 0 aromatic heterocycles. The van der Waals surface area contributed by atoms with E-state index in [1.165, 1.54) is 0 Å². The van der Waals surface area contributed by atoms with Gasteiger partial charge in [-0.15, -0.1) is 0 Å². The minimum atomic E-state index is -0.220. The summed E-state index contributed by atoms with van der Waals surface area (Å²) in [5, 5.41) is 9.79. The molecule has 82 valence electrons. The molecule has 2 nitrogen and oxygen atoms in total. The first kappa shape index (κ1) is 10.7. The van der Waals surface area contributed by atoms with Crippen molar-refractivity contribution in [2.75, 3.05) is 7.11 Å². The Labute approximate surface area is 95.1 Å². The topological polar surface area (TPSA) is 29.5 Å². The van der Waals surface area contributed by atoms with Crippen LogP contribution in [0.15, 0.2) is 54.6 Å². The van der Waals surface area contributed by atoms with Crippen LogP contribution < -0.4 is 0 Å². The van der Waals surface area contributed by atoms with Gasteiger partial charge in [0.15, 0.2) is 0 Å². The quantitative estimate of drug-likeness (QED) is 0.850. The van der Waals surface area contributed by atoms with E-state index in [4.69, 9.17) is 4.74 Å². The zero-order chi connectivity index (χ0) is 11.4. The Morgan fingerprint density at radius 2 is 1.56 bits per heavy atom. The fraction of sp³-hybridized carbons (Fsp3) is 0.143. The average molecular weight is 214 g/mol. The lowest BCUT2D eigenvalue weighted by Gasteiger charge is -2.17. The van der Waals surface area contributed by atoms with Crippen LogP contribution in [0.1, 0.15) is 17.2 Å². The van der Waals surface area contributed by atoms with E-state index in [0.717, 1.165) is 11.1 Å². The molecule has 0 fully saturated rings. The van der Waals surface area contributed by atoms with Crippen molar-refractivity contribution >= 4 is 0 Å². The monoisotopic (exact) mass is 214 g/mol. The zero-order valence-electron chi connectivity index (χ0n) is 9.13. The molecular formula is C14H14O2. The molecule has 0 radical (unpaired) electrons. The molecule has 2 aromatic carbocycles. The van der Waals surface area contributed by atoms with Crippen molar-refractivity contribution < 1.29 is 9.84 Å². The van der Waals surface area contributed by atoms with Gasteiger partial charge >= 0.3 is 0 Å². The number of ether oxygens (including phenoxy) is 1. The third kappa shape index (κ3) is 2.07. The molecule has 2 heteroatoms. The van der Waals surface area contributed by atoms with E-state index in [9.17, 15) is 5.11 Å². The first-order valence-corrected chi connectivity index (χ1v) is 5.18. The van der Waals surface area contributed by atoms with Gasteiger partial charge in [-0.3, -0.25) is 0 Å². The maximum absolute atomic E-state index is 9.79. The van der Waals surface area contributed by atoms with Gasteiger partial charge in [0.1, 0.15) is 11.9 Å². The number of methoxy groups -OCH3 is 1. The number of hydrogen-bond donors (Lipinski definition) is 1. The second kappa shape index (κ2) is 4.81. The molecule has 0 bridgehead atoms.